The molecule has 0 fully saturated rings. The van der Waals surface area contributed by atoms with E-state index in [-0.39, 0.29) is 0 Å². The Bertz CT molecular complexity index is 1240. The Morgan fingerprint density at radius 2 is 0.897 bits per heavy atom. The molecule has 0 saturated carbocycles. The smallest absolute Gasteiger partial charge is 0.276 e. The molecule has 14 heteroatoms. The molecule has 4 rings (SSSR count). The number of methoxy groups -OCH3 is 6. The quantitative estimate of drug-likeness (QED) is 0.145. The van der Waals surface area contributed by atoms with Crippen LogP contribution in [0.1, 0.15) is 6.42 Å². The predicted molar refractivity (Wildman–Crippen MR) is 145 cm³/mol. The number of aromatic nitrogens is 4. The highest BCUT2D eigenvalue weighted by atomic mass is 32.2. The maximum absolute atomic E-state index is 5.83. The Hall–Kier alpha value is -3.78. The standard InChI is InChI=1S/C25H28N4O8S2/c1-30-16-10-14(11-17(31-2)20(16)34-5)22-26-28-24(36-22)38-8-7-9-39-25-29-27-23(37-25)15-12-18(32-3)21(35-6)19(13-15)33-4/h10-13H,7-9H2,1-6H3. The third-order valence-electron chi connectivity index (χ3n) is 5.38. The van der Waals surface area contributed by atoms with Crippen LogP contribution in [0.5, 0.6) is 34.5 Å². The van der Waals surface area contributed by atoms with Crippen molar-refractivity contribution in [1.82, 2.24) is 20.4 Å². The monoisotopic (exact) mass is 576 g/mol. The molecule has 0 spiro atoms. The summed E-state index contributed by atoms with van der Waals surface area (Å²) in [5.41, 5.74) is 1.33. The van der Waals surface area contributed by atoms with Crippen LogP contribution in [0.25, 0.3) is 22.9 Å². The number of ether oxygens (including phenoxy) is 6. The highest BCUT2D eigenvalue weighted by molar-refractivity contribution is 7.99. The topological polar surface area (TPSA) is 133 Å². The molecule has 2 heterocycles. The molecule has 0 amide bonds. The van der Waals surface area contributed by atoms with Crippen molar-refractivity contribution in [3.63, 3.8) is 0 Å². The Balaban J connectivity index is 1.31. The molecule has 0 N–H and O–H groups in total. The van der Waals surface area contributed by atoms with Crippen molar-refractivity contribution in [1.29, 1.82) is 0 Å². The summed E-state index contributed by atoms with van der Waals surface area (Å²) in [6, 6.07) is 7.04. The third kappa shape index (κ3) is 6.45. The average Bonchev–Trinajstić information content (AvgIpc) is 3.65. The van der Waals surface area contributed by atoms with Gasteiger partial charge in [-0.05, 0) is 30.7 Å². The van der Waals surface area contributed by atoms with Gasteiger partial charge in [-0.3, -0.25) is 0 Å². The van der Waals surface area contributed by atoms with E-state index in [0.29, 0.717) is 67.9 Å². The highest BCUT2D eigenvalue weighted by Crippen LogP contribution is 2.42. The van der Waals surface area contributed by atoms with E-state index in [4.69, 9.17) is 37.3 Å². The molecule has 39 heavy (non-hydrogen) atoms. The number of rotatable bonds is 14. The molecule has 0 aliphatic rings. The van der Waals surface area contributed by atoms with Crippen LogP contribution < -0.4 is 28.4 Å². The fourth-order valence-corrected chi connectivity index (χ4v) is 5.14. The van der Waals surface area contributed by atoms with Crippen LogP contribution in [0.4, 0.5) is 0 Å². The lowest BCUT2D eigenvalue weighted by Gasteiger charge is -2.12. The highest BCUT2D eigenvalue weighted by Gasteiger charge is 2.19. The summed E-state index contributed by atoms with van der Waals surface area (Å²) >= 11 is 2.93. The first-order valence-corrected chi connectivity index (χ1v) is 13.6. The molecule has 0 unspecified atom stereocenters. The van der Waals surface area contributed by atoms with Gasteiger partial charge in [-0.1, -0.05) is 23.5 Å². The molecule has 0 aliphatic heterocycles. The zero-order valence-electron chi connectivity index (χ0n) is 22.3. The fourth-order valence-electron chi connectivity index (χ4n) is 3.56. The lowest BCUT2D eigenvalue weighted by atomic mass is 10.2. The second-order valence-corrected chi connectivity index (χ2v) is 9.72. The lowest BCUT2D eigenvalue weighted by molar-refractivity contribution is 0.324. The van der Waals surface area contributed by atoms with Crippen LogP contribution in [0, 0.1) is 0 Å². The summed E-state index contributed by atoms with van der Waals surface area (Å²) in [7, 11) is 9.31. The molecule has 0 saturated heterocycles. The SMILES string of the molecule is COc1cc(-c2nnc(SCCCSc3nnc(-c4cc(OC)c(OC)c(OC)c4)o3)o2)cc(OC)c1OC. The Kier molecular flexibility index (Phi) is 9.65. The maximum Gasteiger partial charge on any atom is 0.276 e. The fraction of sp³-hybridized carbons (Fsp3) is 0.360. The number of benzene rings is 2. The van der Waals surface area contributed by atoms with Gasteiger partial charge in [0, 0.05) is 22.6 Å². The molecule has 4 aromatic rings. The number of nitrogens with zero attached hydrogens (tertiary/aromatic N) is 4. The van der Waals surface area contributed by atoms with Crippen molar-refractivity contribution in [2.75, 3.05) is 54.2 Å². The minimum atomic E-state index is 0.358. The third-order valence-corrected chi connectivity index (χ3v) is 7.19. The van der Waals surface area contributed by atoms with Crippen LogP contribution in [-0.4, -0.2) is 74.6 Å². The molecule has 2 aromatic carbocycles. The molecule has 0 aliphatic carbocycles. The first kappa shape index (κ1) is 28.2. The second kappa shape index (κ2) is 13.3. The summed E-state index contributed by atoms with van der Waals surface area (Å²) in [6.07, 6.45) is 0.846. The molecule has 208 valence electrons. The summed E-state index contributed by atoms with van der Waals surface area (Å²) in [5.74, 6) is 5.25. The van der Waals surface area contributed by atoms with E-state index >= 15 is 0 Å². The summed E-state index contributed by atoms with van der Waals surface area (Å²) in [4.78, 5) is 0. The van der Waals surface area contributed by atoms with E-state index in [2.05, 4.69) is 20.4 Å². The van der Waals surface area contributed by atoms with Crippen LogP contribution in [0.2, 0.25) is 0 Å². The zero-order chi connectivity index (χ0) is 27.8. The predicted octanol–water partition coefficient (Wildman–Crippen LogP) is 5.11. The van der Waals surface area contributed by atoms with Gasteiger partial charge in [-0.25, -0.2) is 0 Å². The van der Waals surface area contributed by atoms with E-state index < -0.39 is 0 Å². The Labute approximate surface area is 233 Å². The molecule has 0 radical (unpaired) electrons. The minimum absolute atomic E-state index is 0.358. The van der Waals surface area contributed by atoms with E-state index in [9.17, 15) is 0 Å². The van der Waals surface area contributed by atoms with Gasteiger partial charge in [-0.15, -0.1) is 20.4 Å². The minimum Gasteiger partial charge on any atom is -0.493 e. The molecule has 0 bridgehead atoms. The first-order chi connectivity index (χ1) is 19.0. The molecular formula is C25H28N4O8S2. The molecule has 12 nitrogen and oxygen atoms in total. The van der Waals surface area contributed by atoms with Crippen molar-refractivity contribution in [3.05, 3.63) is 24.3 Å². The van der Waals surface area contributed by atoms with E-state index in [1.54, 1.807) is 66.9 Å². The van der Waals surface area contributed by atoms with Gasteiger partial charge in [0.25, 0.3) is 10.4 Å². The van der Waals surface area contributed by atoms with Gasteiger partial charge in [0.05, 0.1) is 42.7 Å². The van der Waals surface area contributed by atoms with Gasteiger partial charge in [0.2, 0.25) is 23.3 Å². The molecule has 2 aromatic heterocycles. The second-order valence-electron chi connectivity index (χ2n) is 7.62. The summed E-state index contributed by atoms with van der Waals surface area (Å²) in [6.45, 7) is 0. The van der Waals surface area contributed by atoms with Gasteiger partial charge in [0.15, 0.2) is 23.0 Å². The Morgan fingerprint density at radius 1 is 0.538 bits per heavy atom. The lowest BCUT2D eigenvalue weighted by Crippen LogP contribution is -1.95. The van der Waals surface area contributed by atoms with E-state index in [1.165, 1.54) is 23.5 Å². The van der Waals surface area contributed by atoms with Gasteiger partial charge in [-0.2, -0.15) is 0 Å². The van der Waals surface area contributed by atoms with Gasteiger partial charge in [0.1, 0.15) is 0 Å². The number of hydrogen-bond donors (Lipinski definition) is 0. The summed E-state index contributed by atoms with van der Waals surface area (Å²) < 4.78 is 44.0. The van der Waals surface area contributed by atoms with Gasteiger partial charge < -0.3 is 37.3 Å². The largest absolute Gasteiger partial charge is 0.493 e. The van der Waals surface area contributed by atoms with Crippen LogP contribution >= 0.6 is 23.5 Å². The number of hydrogen-bond acceptors (Lipinski definition) is 14. The average molecular weight is 577 g/mol. The van der Waals surface area contributed by atoms with Crippen LogP contribution in [0.3, 0.4) is 0 Å². The summed E-state index contributed by atoms with van der Waals surface area (Å²) in [5, 5.41) is 17.5. The normalized spacial score (nSPS) is 10.8. The number of thioether (sulfide) groups is 2. The van der Waals surface area contributed by atoms with Crippen molar-refractivity contribution in [2.24, 2.45) is 0 Å². The first-order valence-electron chi connectivity index (χ1n) is 11.6. The Morgan fingerprint density at radius 3 is 1.21 bits per heavy atom. The van der Waals surface area contributed by atoms with Crippen LogP contribution in [-0.2, 0) is 0 Å². The maximum atomic E-state index is 5.83. The molecular weight excluding hydrogens is 548 g/mol. The van der Waals surface area contributed by atoms with Crippen molar-refractivity contribution < 1.29 is 37.3 Å². The van der Waals surface area contributed by atoms with Crippen molar-refractivity contribution in [3.8, 4) is 57.4 Å². The van der Waals surface area contributed by atoms with Crippen LogP contribution in [0.15, 0.2) is 43.5 Å². The van der Waals surface area contributed by atoms with Crippen molar-refractivity contribution in [2.45, 2.75) is 16.9 Å². The van der Waals surface area contributed by atoms with Crippen molar-refractivity contribution >= 4 is 23.5 Å². The van der Waals surface area contributed by atoms with Gasteiger partial charge >= 0.3 is 0 Å². The van der Waals surface area contributed by atoms with E-state index in [1.807, 2.05) is 0 Å². The zero-order valence-corrected chi connectivity index (χ0v) is 23.9. The molecule has 0 atom stereocenters. The van der Waals surface area contributed by atoms with E-state index in [0.717, 1.165) is 17.9 Å².